The van der Waals surface area contributed by atoms with Gasteiger partial charge < -0.3 is 9.90 Å². The van der Waals surface area contributed by atoms with Gasteiger partial charge in [-0.15, -0.1) is 0 Å². The Morgan fingerprint density at radius 3 is 1.50 bits per heavy atom. The fraction of sp³-hybridized carbons (Fsp3) is 0.944. The second kappa shape index (κ2) is 18.0. The molecule has 0 aromatic carbocycles. The molecular weight excluding hydrogens is 399 g/mol. The number of hydrogen-bond donors (Lipinski definition) is 1. The summed E-state index contributed by atoms with van der Waals surface area (Å²) in [5.74, 6) is -0.711. The molecule has 0 N–H and O–H groups in total. The fourth-order valence-electron chi connectivity index (χ4n) is 2.20. The number of carbonyl (C=O) groups is 1. The van der Waals surface area contributed by atoms with Crippen molar-refractivity contribution < 1.29 is 9.90 Å². The van der Waals surface area contributed by atoms with Gasteiger partial charge in [-0.2, -0.15) is 12.6 Å². The van der Waals surface area contributed by atoms with Crippen molar-refractivity contribution in [3.63, 3.8) is 0 Å². The summed E-state index contributed by atoms with van der Waals surface area (Å²) in [6.07, 6.45) is 9.42. The van der Waals surface area contributed by atoms with Crippen molar-refractivity contribution in [1.29, 1.82) is 0 Å². The van der Waals surface area contributed by atoms with Crippen molar-refractivity contribution in [2.75, 3.05) is 0 Å². The van der Waals surface area contributed by atoms with Gasteiger partial charge >= 0.3 is 92.4 Å². The molecule has 0 aliphatic carbocycles. The molecule has 1 unspecified atom stereocenters. The molecule has 0 aromatic rings. The Kier molecular flexibility index (Phi) is 20.3. The van der Waals surface area contributed by atoms with E-state index in [1.54, 1.807) is 13.3 Å². The van der Waals surface area contributed by atoms with E-state index in [9.17, 15) is 9.90 Å². The predicted octanol–water partition coefficient (Wildman–Crippen LogP) is 4.96. The predicted molar refractivity (Wildman–Crippen MR) is 102 cm³/mol. The summed E-state index contributed by atoms with van der Waals surface area (Å²) in [4.78, 5) is 10.0. The van der Waals surface area contributed by atoms with Gasteiger partial charge in [0.25, 0.3) is 0 Å². The minimum absolute atomic E-state index is 0.366. The monoisotopic (exact) mass is 438 g/mol. The quantitative estimate of drug-likeness (QED) is 0.346. The van der Waals surface area contributed by atoms with Crippen molar-refractivity contribution in [3.8, 4) is 0 Å². The number of hydrogen-bond acceptors (Lipinski definition) is 3. The Labute approximate surface area is 152 Å². The van der Waals surface area contributed by atoms with Crippen molar-refractivity contribution >= 4 is 38.4 Å². The van der Waals surface area contributed by atoms with Gasteiger partial charge in [0, 0.05) is 5.25 Å². The van der Waals surface area contributed by atoms with Crippen LogP contribution in [0.2, 0.25) is 13.3 Å². The Bertz CT molecular complexity index is 228. The number of rotatable bonds is 12. The summed E-state index contributed by atoms with van der Waals surface area (Å²) >= 11 is 2.96. The number of aliphatic carboxylic acids is 1. The van der Waals surface area contributed by atoms with Crippen LogP contribution < -0.4 is 5.11 Å². The number of carboxylic acid groups (broad SMARTS) is 1. The van der Waals surface area contributed by atoms with Gasteiger partial charge in [0.15, 0.2) is 0 Å². The summed E-state index contributed by atoms with van der Waals surface area (Å²) in [6.45, 7) is 10.9. The van der Waals surface area contributed by atoms with Crippen LogP contribution in [0, 0.1) is 5.92 Å². The molecule has 0 bridgehead atoms. The molecule has 1 atom stereocenters. The zero-order valence-electron chi connectivity index (χ0n) is 15.5. The van der Waals surface area contributed by atoms with Gasteiger partial charge in [-0.05, 0) is 12.3 Å². The third-order valence-electron chi connectivity index (χ3n) is 3.62. The topological polar surface area (TPSA) is 40.1 Å². The van der Waals surface area contributed by atoms with E-state index in [2.05, 4.69) is 33.4 Å². The molecular formula is C18H38O2SSn. The zero-order valence-corrected chi connectivity index (χ0v) is 19.2. The van der Waals surface area contributed by atoms with Crippen LogP contribution in [0.1, 0.15) is 79.6 Å². The summed E-state index contributed by atoms with van der Waals surface area (Å²) in [7, 11) is 0. The molecule has 132 valence electrons. The minimum atomic E-state index is -1.08. The maximum atomic E-state index is 10.0. The molecule has 4 heteroatoms. The summed E-state index contributed by atoms with van der Waals surface area (Å²) < 4.78 is 5.04. The van der Waals surface area contributed by atoms with Gasteiger partial charge in [-0.3, -0.25) is 0 Å². The maximum absolute atomic E-state index is 10.0. The SMILES string of the molecule is CC(C)CC(S)C(=O)[O-].CCC[CH2][Sn+]([CH2]CCC)[CH2]CCC. The Hall–Kier alpha value is 0.619. The number of carbonyl (C=O) groups excluding carboxylic acids is 1. The summed E-state index contributed by atoms with van der Waals surface area (Å²) in [6, 6.07) is 0. The second-order valence-electron chi connectivity index (χ2n) is 6.53. The first-order valence-electron chi connectivity index (χ1n) is 9.11. The van der Waals surface area contributed by atoms with Crippen LogP contribution in [-0.2, 0) is 4.79 Å². The molecule has 22 heavy (non-hydrogen) atoms. The molecule has 0 aliphatic heterocycles. The van der Waals surface area contributed by atoms with E-state index in [-0.39, 0.29) is 0 Å². The number of unbranched alkanes of at least 4 members (excludes halogenated alkanes) is 3. The van der Waals surface area contributed by atoms with Crippen molar-refractivity contribution in [3.05, 3.63) is 0 Å². The van der Waals surface area contributed by atoms with Gasteiger partial charge in [0.1, 0.15) is 0 Å². The van der Waals surface area contributed by atoms with Gasteiger partial charge in [-0.25, -0.2) is 0 Å². The van der Waals surface area contributed by atoms with Crippen molar-refractivity contribution in [1.82, 2.24) is 0 Å². The van der Waals surface area contributed by atoms with Crippen LogP contribution in [0.25, 0.3) is 0 Å². The normalized spacial score (nSPS) is 11.8. The standard InChI is InChI=1S/C6H12O2S.3C4H9.Sn/c1-4(2)3-5(9)6(7)8;3*1-3-4-2;/h4-5,9H,3H2,1-2H3,(H,7,8);3*1,3-4H2,2H3;/q;;;;+1/p-1. The third-order valence-corrected chi connectivity index (χ3v) is 13.1. The van der Waals surface area contributed by atoms with Crippen molar-refractivity contribution in [2.45, 2.75) is 98.1 Å². The average molecular weight is 437 g/mol. The van der Waals surface area contributed by atoms with Crippen LogP contribution in [0.5, 0.6) is 0 Å². The van der Waals surface area contributed by atoms with Crippen LogP contribution in [-0.4, -0.2) is 31.0 Å². The Morgan fingerprint density at radius 2 is 1.32 bits per heavy atom. The number of carboxylic acids is 1. The first-order chi connectivity index (χ1) is 10.4. The summed E-state index contributed by atoms with van der Waals surface area (Å²) in [5, 5.41) is 9.44. The third kappa shape index (κ3) is 18.7. The Balaban J connectivity index is 0. The molecule has 0 radical (unpaired) electrons. The van der Waals surface area contributed by atoms with Crippen LogP contribution in [0.15, 0.2) is 0 Å². The fourth-order valence-corrected chi connectivity index (χ4v) is 12.1. The first kappa shape index (κ1) is 24.9. The molecule has 0 amide bonds. The molecule has 0 saturated carbocycles. The van der Waals surface area contributed by atoms with E-state index in [0.29, 0.717) is 12.3 Å². The van der Waals surface area contributed by atoms with E-state index in [4.69, 9.17) is 0 Å². The molecule has 0 rings (SSSR count). The van der Waals surface area contributed by atoms with Crippen LogP contribution >= 0.6 is 12.6 Å². The first-order valence-corrected chi connectivity index (χ1v) is 15.7. The second-order valence-corrected chi connectivity index (χ2v) is 15.7. The van der Waals surface area contributed by atoms with E-state index in [0.717, 1.165) is 0 Å². The van der Waals surface area contributed by atoms with Gasteiger partial charge in [0.05, 0.1) is 5.97 Å². The van der Waals surface area contributed by atoms with E-state index < -0.39 is 31.0 Å². The van der Waals surface area contributed by atoms with E-state index >= 15 is 0 Å². The molecule has 0 heterocycles. The molecule has 0 spiro atoms. The average Bonchev–Trinajstić information content (AvgIpc) is 2.46. The van der Waals surface area contributed by atoms with E-state index in [1.165, 1.54) is 38.5 Å². The van der Waals surface area contributed by atoms with Gasteiger partial charge in [-0.1, -0.05) is 13.8 Å². The Morgan fingerprint density at radius 1 is 0.955 bits per heavy atom. The van der Waals surface area contributed by atoms with Crippen molar-refractivity contribution in [2.24, 2.45) is 5.92 Å². The summed E-state index contributed by atoms with van der Waals surface area (Å²) in [5.41, 5.74) is 0. The molecule has 0 aromatic heterocycles. The molecule has 0 fully saturated rings. The van der Waals surface area contributed by atoms with Gasteiger partial charge in [0.2, 0.25) is 0 Å². The van der Waals surface area contributed by atoms with Crippen LogP contribution in [0.4, 0.5) is 0 Å². The van der Waals surface area contributed by atoms with Crippen LogP contribution in [0.3, 0.4) is 0 Å². The zero-order chi connectivity index (χ0) is 17.4. The number of thiol groups is 1. The molecule has 2 nitrogen and oxygen atoms in total. The molecule has 0 saturated heterocycles. The van der Waals surface area contributed by atoms with E-state index in [1.807, 2.05) is 13.8 Å². The molecule has 0 aliphatic rings.